The van der Waals surface area contributed by atoms with E-state index < -0.39 is 0 Å². The van der Waals surface area contributed by atoms with E-state index in [1.165, 1.54) is 13.0 Å². The first-order valence-corrected chi connectivity index (χ1v) is 5.89. The van der Waals surface area contributed by atoms with Crippen molar-refractivity contribution in [3.63, 3.8) is 0 Å². The topological polar surface area (TPSA) is 49.6 Å². The molecule has 2 rings (SSSR count). The van der Waals surface area contributed by atoms with E-state index in [0.717, 1.165) is 32.5 Å². The van der Waals surface area contributed by atoms with Crippen molar-refractivity contribution >= 4 is 5.91 Å². The molecular weight excluding hydrogens is 190 g/mol. The summed E-state index contributed by atoms with van der Waals surface area (Å²) in [4.78, 5) is 16.1. The molecule has 86 valence electrons. The van der Waals surface area contributed by atoms with Crippen LogP contribution in [0, 0.1) is 5.92 Å². The highest BCUT2D eigenvalue weighted by Gasteiger charge is 2.29. The van der Waals surface area contributed by atoms with Crippen molar-refractivity contribution in [3.8, 4) is 0 Å². The maximum Gasteiger partial charge on any atom is 0.239 e. The summed E-state index contributed by atoms with van der Waals surface area (Å²) in [5.74, 6) is 0.819. The first kappa shape index (κ1) is 10.9. The number of rotatable bonds is 2. The van der Waals surface area contributed by atoms with Crippen LogP contribution in [0.4, 0.5) is 0 Å². The van der Waals surface area contributed by atoms with Crippen LogP contribution in [-0.2, 0) is 4.79 Å². The number of nitrogens with two attached hydrogens (primary N) is 1. The Hall–Kier alpha value is -0.610. The lowest BCUT2D eigenvalue weighted by molar-refractivity contribution is -0.135. The Morgan fingerprint density at radius 3 is 2.87 bits per heavy atom. The van der Waals surface area contributed by atoms with Gasteiger partial charge in [0.1, 0.15) is 0 Å². The smallest absolute Gasteiger partial charge is 0.239 e. The molecule has 2 aliphatic rings. The molecule has 2 unspecified atom stereocenters. The van der Waals surface area contributed by atoms with Crippen LogP contribution in [0.2, 0.25) is 0 Å². The molecule has 15 heavy (non-hydrogen) atoms. The number of nitrogens with zero attached hydrogens (tertiary/aromatic N) is 2. The highest BCUT2D eigenvalue weighted by Crippen LogP contribution is 2.18. The zero-order chi connectivity index (χ0) is 10.8. The highest BCUT2D eigenvalue weighted by atomic mass is 16.2. The third-order valence-electron chi connectivity index (χ3n) is 3.54. The molecule has 2 heterocycles. The Morgan fingerprint density at radius 1 is 1.40 bits per heavy atom. The molecule has 0 aromatic heterocycles. The van der Waals surface area contributed by atoms with Gasteiger partial charge in [-0.2, -0.15) is 0 Å². The number of likely N-dealkylation sites (tertiary alicyclic amines) is 2. The molecule has 0 aromatic rings. The molecule has 0 spiro atoms. The molecule has 2 aliphatic heterocycles. The lowest BCUT2D eigenvalue weighted by atomic mass is 10.0. The van der Waals surface area contributed by atoms with E-state index in [0.29, 0.717) is 5.92 Å². The fraction of sp³-hybridized carbons (Fsp3) is 0.909. The fourth-order valence-corrected chi connectivity index (χ4v) is 2.64. The van der Waals surface area contributed by atoms with E-state index in [1.54, 1.807) is 0 Å². The molecule has 2 saturated heterocycles. The van der Waals surface area contributed by atoms with E-state index in [2.05, 4.69) is 11.9 Å². The summed E-state index contributed by atoms with van der Waals surface area (Å²) in [5.41, 5.74) is 5.77. The van der Waals surface area contributed by atoms with Gasteiger partial charge in [-0.15, -0.1) is 0 Å². The Morgan fingerprint density at radius 2 is 2.20 bits per heavy atom. The zero-order valence-corrected chi connectivity index (χ0v) is 9.48. The summed E-state index contributed by atoms with van der Waals surface area (Å²) in [6.45, 7) is 4.11. The predicted octanol–water partition coefficient (Wildman–Crippen LogP) is -0.112. The number of hydrogen-bond donors (Lipinski definition) is 1. The van der Waals surface area contributed by atoms with Crippen molar-refractivity contribution in [1.29, 1.82) is 0 Å². The average Bonchev–Trinajstić information content (AvgIpc) is 2.59. The van der Waals surface area contributed by atoms with Crippen molar-refractivity contribution in [1.82, 2.24) is 9.80 Å². The molecule has 2 atom stereocenters. The van der Waals surface area contributed by atoms with Crippen molar-refractivity contribution in [2.75, 3.05) is 33.2 Å². The maximum atomic E-state index is 11.8. The third-order valence-corrected chi connectivity index (χ3v) is 3.54. The van der Waals surface area contributed by atoms with Gasteiger partial charge in [-0.25, -0.2) is 0 Å². The van der Waals surface area contributed by atoms with Gasteiger partial charge in [0.2, 0.25) is 5.91 Å². The molecule has 0 radical (unpaired) electrons. The van der Waals surface area contributed by atoms with Crippen LogP contribution in [0.25, 0.3) is 0 Å². The van der Waals surface area contributed by atoms with E-state index in [-0.39, 0.29) is 11.9 Å². The van der Waals surface area contributed by atoms with Gasteiger partial charge in [-0.3, -0.25) is 4.79 Å². The second-order valence-corrected chi connectivity index (χ2v) is 4.95. The summed E-state index contributed by atoms with van der Waals surface area (Å²) in [7, 11) is 2.14. The predicted molar refractivity (Wildman–Crippen MR) is 59.4 cm³/mol. The number of carbonyl (C=O) groups excluding carboxylic acids is 1. The van der Waals surface area contributed by atoms with Crippen LogP contribution in [0.5, 0.6) is 0 Å². The highest BCUT2D eigenvalue weighted by molar-refractivity contribution is 5.82. The molecule has 0 aliphatic carbocycles. The second kappa shape index (κ2) is 4.49. The largest absolute Gasteiger partial charge is 0.341 e. The zero-order valence-electron chi connectivity index (χ0n) is 9.48. The van der Waals surface area contributed by atoms with Crippen LogP contribution in [-0.4, -0.2) is 55.0 Å². The standard InChI is InChI=1S/C11H21N3O/c1-13-6-4-9(7-13)8-14-5-2-3-10(12)11(14)15/h9-10H,2-8,12H2,1H3. The summed E-state index contributed by atoms with van der Waals surface area (Å²) in [5, 5.41) is 0. The molecule has 4 heteroatoms. The van der Waals surface area contributed by atoms with Crippen LogP contribution in [0.15, 0.2) is 0 Å². The maximum absolute atomic E-state index is 11.8. The van der Waals surface area contributed by atoms with Gasteiger partial charge in [0, 0.05) is 19.6 Å². The number of amides is 1. The molecular formula is C11H21N3O. The van der Waals surface area contributed by atoms with Gasteiger partial charge in [-0.05, 0) is 38.8 Å². The normalized spacial score (nSPS) is 33.7. The van der Waals surface area contributed by atoms with Crippen molar-refractivity contribution < 1.29 is 4.79 Å². The summed E-state index contributed by atoms with van der Waals surface area (Å²) < 4.78 is 0. The Balaban J connectivity index is 1.85. The van der Waals surface area contributed by atoms with Crippen molar-refractivity contribution in [2.24, 2.45) is 11.7 Å². The minimum absolute atomic E-state index is 0.163. The second-order valence-electron chi connectivity index (χ2n) is 4.95. The quantitative estimate of drug-likeness (QED) is 0.693. The average molecular weight is 211 g/mol. The Kier molecular flexibility index (Phi) is 3.26. The van der Waals surface area contributed by atoms with Crippen LogP contribution < -0.4 is 5.73 Å². The molecule has 4 nitrogen and oxygen atoms in total. The van der Waals surface area contributed by atoms with Gasteiger partial charge in [-0.1, -0.05) is 0 Å². The number of hydrogen-bond acceptors (Lipinski definition) is 3. The first-order chi connectivity index (χ1) is 7.16. The Labute approximate surface area is 91.4 Å². The summed E-state index contributed by atoms with van der Waals surface area (Å²) in [6.07, 6.45) is 3.14. The van der Waals surface area contributed by atoms with Gasteiger partial charge >= 0.3 is 0 Å². The first-order valence-electron chi connectivity index (χ1n) is 5.89. The van der Waals surface area contributed by atoms with Crippen LogP contribution in [0.3, 0.4) is 0 Å². The molecule has 0 bridgehead atoms. The minimum Gasteiger partial charge on any atom is -0.341 e. The van der Waals surface area contributed by atoms with E-state index in [1.807, 2.05) is 4.90 Å². The number of carbonyl (C=O) groups is 1. The fourth-order valence-electron chi connectivity index (χ4n) is 2.64. The summed E-state index contributed by atoms with van der Waals surface area (Å²) in [6, 6.07) is -0.238. The van der Waals surface area contributed by atoms with Crippen LogP contribution in [0.1, 0.15) is 19.3 Å². The SMILES string of the molecule is CN1CCC(CN2CCCC(N)C2=O)C1. The van der Waals surface area contributed by atoms with E-state index >= 15 is 0 Å². The van der Waals surface area contributed by atoms with Gasteiger partial charge in [0.15, 0.2) is 0 Å². The lowest BCUT2D eigenvalue weighted by Gasteiger charge is -2.32. The third kappa shape index (κ3) is 2.49. The molecule has 0 saturated carbocycles. The van der Waals surface area contributed by atoms with Gasteiger partial charge in [0.05, 0.1) is 6.04 Å². The van der Waals surface area contributed by atoms with Gasteiger partial charge in [0.25, 0.3) is 0 Å². The van der Waals surface area contributed by atoms with Crippen molar-refractivity contribution in [3.05, 3.63) is 0 Å². The molecule has 2 fully saturated rings. The Bertz CT molecular complexity index is 244. The monoisotopic (exact) mass is 211 g/mol. The molecule has 1 amide bonds. The number of piperidine rings is 1. The molecule has 0 aromatic carbocycles. The minimum atomic E-state index is -0.238. The van der Waals surface area contributed by atoms with Crippen LogP contribution >= 0.6 is 0 Å². The van der Waals surface area contributed by atoms with Gasteiger partial charge < -0.3 is 15.5 Å². The van der Waals surface area contributed by atoms with E-state index in [9.17, 15) is 4.79 Å². The van der Waals surface area contributed by atoms with Crippen molar-refractivity contribution in [2.45, 2.75) is 25.3 Å². The molecule has 2 N–H and O–H groups in total. The van der Waals surface area contributed by atoms with E-state index in [4.69, 9.17) is 5.73 Å². The summed E-state index contributed by atoms with van der Waals surface area (Å²) >= 11 is 0. The lowest BCUT2D eigenvalue weighted by Crippen LogP contribution is -2.49.